The van der Waals surface area contributed by atoms with Gasteiger partial charge < -0.3 is 11.1 Å². The Morgan fingerprint density at radius 1 is 1.23 bits per heavy atom. The molecule has 0 radical (unpaired) electrons. The molecule has 0 saturated heterocycles. The molecule has 2 rings (SSSR count). The number of rotatable bonds is 8. The Bertz CT molecular complexity index is 695. The molecular weight excluding hydrogens is 374 g/mol. The highest BCUT2D eigenvalue weighted by atomic mass is 35.5. The lowest BCUT2D eigenvalue weighted by Gasteiger charge is -2.18. The summed E-state index contributed by atoms with van der Waals surface area (Å²) in [6.45, 7) is 4.45. The predicted octanol–water partition coefficient (Wildman–Crippen LogP) is 1.93. The zero-order valence-corrected chi connectivity index (χ0v) is 17.0. The van der Waals surface area contributed by atoms with Crippen molar-refractivity contribution in [3.8, 4) is 0 Å². The van der Waals surface area contributed by atoms with Crippen LogP contribution in [-0.2, 0) is 27.1 Å². The standard InChI is InChI=1S/C18H29N3O3S.ClH/c1-13(2)21-25(23,24)12-16-7-4-3-6-15(16)11-20-18(22)17-9-5-8-14(17)10-19;/h3-4,6-7,13-14,17,21H,5,8-12,19H2,1-2H3,(H,20,22);1H/t14-,17-;/m1./s1. The minimum atomic E-state index is -3.40. The van der Waals surface area contributed by atoms with E-state index in [2.05, 4.69) is 10.0 Å². The fraction of sp³-hybridized carbons (Fsp3) is 0.611. The molecule has 0 aromatic heterocycles. The van der Waals surface area contributed by atoms with Crippen molar-refractivity contribution in [3.63, 3.8) is 0 Å². The number of hydrogen-bond donors (Lipinski definition) is 3. The largest absolute Gasteiger partial charge is 0.352 e. The summed E-state index contributed by atoms with van der Waals surface area (Å²) in [7, 11) is -3.40. The summed E-state index contributed by atoms with van der Waals surface area (Å²) in [5.74, 6) is 0.159. The third kappa shape index (κ3) is 6.54. The van der Waals surface area contributed by atoms with Crippen molar-refractivity contribution in [1.82, 2.24) is 10.0 Å². The van der Waals surface area contributed by atoms with Gasteiger partial charge in [-0.2, -0.15) is 0 Å². The van der Waals surface area contributed by atoms with Crippen LogP contribution in [0.5, 0.6) is 0 Å². The second-order valence-corrected chi connectivity index (χ2v) is 8.81. The number of amides is 1. The van der Waals surface area contributed by atoms with E-state index in [0.717, 1.165) is 24.8 Å². The number of carbonyl (C=O) groups is 1. The molecule has 1 amide bonds. The first-order valence-electron chi connectivity index (χ1n) is 8.87. The Hall–Kier alpha value is -1.15. The summed E-state index contributed by atoms with van der Waals surface area (Å²) in [6, 6.07) is 7.17. The number of hydrogen-bond acceptors (Lipinski definition) is 4. The van der Waals surface area contributed by atoms with Crippen LogP contribution in [0.15, 0.2) is 24.3 Å². The van der Waals surface area contributed by atoms with Gasteiger partial charge in [0.1, 0.15) is 0 Å². The van der Waals surface area contributed by atoms with Crippen LogP contribution >= 0.6 is 12.4 Å². The number of nitrogens with one attached hydrogen (secondary N) is 2. The van der Waals surface area contributed by atoms with E-state index in [-0.39, 0.29) is 41.9 Å². The van der Waals surface area contributed by atoms with Crippen LogP contribution in [0.3, 0.4) is 0 Å². The van der Waals surface area contributed by atoms with Gasteiger partial charge >= 0.3 is 0 Å². The maximum absolute atomic E-state index is 12.4. The van der Waals surface area contributed by atoms with Crippen molar-refractivity contribution < 1.29 is 13.2 Å². The second kappa shape index (κ2) is 10.3. The van der Waals surface area contributed by atoms with E-state index in [1.54, 1.807) is 19.9 Å². The number of nitrogens with two attached hydrogens (primary N) is 1. The van der Waals surface area contributed by atoms with Crippen LogP contribution in [0.4, 0.5) is 0 Å². The molecule has 1 aromatic rings. The fourth-order valence-corrected chi connectivity index (χ4v) is 4.95. The van der Waals surface area contributed by atoms with E-state index in [4.69, 9.17) is 5.73 Å². The molecule has 1 aliphatic carbocycles. The topological polar surface area (TPSA) is 101 Å². The van der Waals surface area contributed by atoms with Crippen molar-refractivity contribution in [1.29, 1.82) is 0 Å². The van der Waals surface area contributed by atoms with Gasteiger partial charge in [0.25, 0.3) is 0 Å². The Labute approximate surface area is 162 Å². The zero-order valence-electron chi connectivity index (χ0n) is 15.4. The summed E-state index contributed by atoms with van der Waals surface area (Å²) < 4.78 is 26.9. The summed E-state index contributed by atoms with van der Waals surface area (Å²) in [6.07, 6.45) is 2.92. The summed E-state index contributed by atoms with van der Waals surface area (Å²) >= 11 is 0. The molecule has 148 valence electrons. The van der Waals surface area contributed by atoms with Crippen LogP contribution in [0.1, 0.15) is 44.2 Å². The molecule has 0 unspecified atom stereocenters. The average molecular weight is 404 g/mol. The lowest BCUT2D eigenvalue weighted by molar-refractivity contribution is -0.126. The zero-order chi connectivity index (χ0) is 18.4. The van der Waals surface area contributed by atoms with Gasteiger partial charge in [0.2, 0.25) is 15.9 Å². The molecule has 0 heterocycles. The first kappa shape index (κ1) is 22.9. The van der Waals surface area contributed by atoms with E-state index >= 15 is 0 Å². The number of carbonyl (C=O) groups excluding carboxylic acids is 1. The van der Waals surface area contributed by atoms with Gasteiger partial charge in [-0.1, -0.05) is 30.7 Å². The molecule has 2 atom stereocenters. The first-order chi connectivity index (χ1) is 11.8. The summed E-state index contributed by atoms with van der Waals surface area (Å²) in [5.41, 5.74) is 7.28. The molecule has 8 heteroatoms. The fourth-order valence-electron chi connectivity index (χ4n) is 3.45. The highest BCUT2D eigenvalue weighted by Crippen LogP contribution is 2.31. The van der Waals surface area contributed by atoms with Crippen LogP contribution < -0.4 is 15.8 Å². The predicted molar refractivity (Wildman–Crippen MR) is 106 cm³/mol. The minimum Gasteiger partial charge on any atom is -0.352 e. The number of sulfonamides is 1. The van der Waals surface area contributed by atoms with Crippen molar-refractivity contribution in [2.24, 2.45) is 17.6 Å². The van der Waals surface area contributed by atoms with E-state index in [1.807, 2.05) is 18.2 Å². The molecule has 0 aliphatic heterocycles. The quantitative estimate of drug-likeness (QED) is 0.617. The highest BCUT2D eigenvalue weighted by molar-refractivity contribution is 7.88. The van der Waals surface area contributed by atoms with Crippen molar-refractivity contribution in [2.45, 2.75) is 51.4 Å². The molecular formula is C18H30ClN3O3S. The first-order valence-corrected chi connectivity index (χ1v) is 10.5. The smallest absolute Gasteiger partial charge is 0.223 e. The molecule has 1 saturated carbocycles. The third-order valence-electron chi connectivity index (χ3n) is 4.63. The van der Waals surface area contributed by atoms with Gasteiger partial charge in [-0.05, 0) is 50.3 Å². The number of benzene rings is 1. The highest BCUT2D eigenvalue weighted by Gasteiger charge is 2.31. The molecule has 0 spiro atoms. The van der Waals surface area contributed by atoms with E-state index in [1.165, 1.54) is 0 Å². The lowest BCUT2D eigenvalue weighted by atomic mass is 9.95. The Morgan fingerprint density at radius 2 is 1.88 bits per heavy atom. The number of halogens is 1. The summed E-state index contributed by atoms with van der Waals surface area (Å²) in [4.78, 5) is 12.4. The SMILES string of the molecule is CC(C)NS(=O)(=O)Cc1ccccc1CNC(=O)[C@@H]1CCC[C@@H]1CN.Cl. The van der Waals surface area contributed by atoms with Gasteiger partial charge in [-0.15, -0.1) is 12.4 Å². The Morgan fingerprint density at radius 3 is 2.50 bits per heavy atom. The molecule has 1 aliphatic rings. The van der Waals surface area contributed by atoms with Gasteiger partial charge in [-0.25, -0.2) is 13.1 Å². The normalized spacial score (nSPS) is 20.0. The third-order valence-corrected chi connectivity index (χ3v) is 6.15. The van der Waals surface area contributed by atoms with Crippen molar-refractivity contribution >= 4 is 28.3 Å². The van der Waals surface area contributed by atoms with Crippen LogP contribution in [0, 0.1) is 11.8 Å². The maximum atomic E-state index is 12.4. The van der Waals surface area contributed by atoms with Gasteiger partial charge in [-0.3, -0.25) is 4.79 Å². The second-order valence-electron chi connectivity index (χ2n) is 7.05. The lowest BCUT2D eigenvalue weighted by Crippen LogP contribution is -2.35. The molecule has 1 aromatic carbocycles. The van der Waals surface area contributed by atoms with E-state index in [0.29, 0.717) is 18.7 Å². The molecule has 6 nitrogen and oxygen atoms in total. The van der Waals surface area contributed by atoms with E-state index in [9.17, 15) is 13.2 Å². The Balaban J connectivity index is 0.00000338. The monoisotopic (exact) mass is 403 g/mol. The molecule has 0 bridgehead atoms. The minimum absolute atomic E-state index is 0. The van der Waals surface area contributed by atoms with E-state index < -0.39 is 10.0 Å². The molecule has 1 fully saturated rings. The van der Waals surface area contributed by atoms with Gasteiger partial charge in [0, 0.05) is 18.5 Å². The maximum Gasteiger partial charge on any atom is 0.223 e. The summed E-state index contributed by atoms with van der Waals surface area (Å²) in [5, 5.41) is 2.96. The van der Waals surface area contributed by atoms with Crippen LogP contribution in [0.25, 0.3) is 0 Å². The van der Waals surface area contributed by atoms with Crippen LogP contribution in [-0.4, -0.2) is 26.9 Å². The van der Waals surface area contributed by atoms with Crippen molar-refractivity contribution in [2.75, 3.05) is 6.54 Å². The molecule has 4 N–H and O–H groups in total. The van der Waals surface area contributed by atoms with Crippen LogP contribution in [0.2, 0.25) is 0 Å². The van der Waals surface area contributed by atoms with Gasteiger partial charge in [0.05, 0.1) is 5.75 Å². The van der Waals surface area contributed by atoms with Gasteiger partial charge in [0.15, 0.2) is 0 Å². The average Bonchev–Trinajstić information content (AvgIpc) is 3.00. The molecule has 26 heavy (non-hydrogen) atoms. The Kier molecular flexibility index (Phi) is 9.03. The van der Waals surface area contributed by atoms with Crippen molar-refractivity contribution in [3.05, 3.63) is 35.4 Å².